The number of ether oxygens (including phenoxy) is 1. The number of hydrogen-bond donors (Lipinski definition) is 2. The number of pyridine rings is 1. The van der Waals surface area contributed by atoms with Gasteiger partial charge in [0.05, 0.1) is 6.61 Å². The number of benzene rings is 1. The lowest BCUT2D eigenvalue weighted by atomic mass is 9.98. The van der Waals surface area contributed by atoms with Gasteiger partial charge in [0.25, 0.3) is 11.5 Å². The quantitative estimate of drug-likeness (QED) is 0.814. The molecule has 0 saturated carbocycles. The Labute approximate surface area is 152 Å². The molecule has 2 heterocycles. The first-order chi connectivity index (χ1) is 12.4. The van der Waals surface area contributed by atoms with Crippen molar-refractivity contribution in [3.05, 3.63) is 81.3 Å². The van der Waals surface area contributed by atoms with Crippen molar-refractivity contribution in [3.8, 4) is 5.75 Å². The summed E-state index contributed by atoms with van der Waals surface area (Å²) in [7, 11) is 0. The molecule has 5 heteroatoms. The summed E-state index contributed by atoms with van der Waals surface area (Å²) in [6.45, 7) is 12.2. The molecule has 0 bridgehead atoms. The molecule has 1 aromatic carbocycles. The zero-order valence-electron chi connectivity index (χ0n) is 15.1. The number of aryl methyl sites for hydroxylation is 2. The van der Waals surface area contributed by atoms with E-state index in [1.165, 1.54) is 0 Å². The first-order valence-electron chi connectivity index (χ1n) is 8.49. The molecule has 1 aliphatic heterocycles. The van der Waals surface area contributed by atoms with Crippen LogP contribution in [-0.4, -0.2) is 17.5 Å². The summed E-state index contributed by atoms with van der Waals surface area (Å²) < 4.78 is 5.67. The standard InChI is InChI=1S/C21H22N2O3/c1-5-12(2)17-10-16(9-15-6-7-26-19(15)17)20(24)22-11-18-13(3)8-14(4)23-21(18)25/h5,8-10H,1-2,6-7,11H2,3-4H3,(H,22,24)(H,23,25). The molecule has 134 valence electrons. The van der Waals surface area contributed by atoms with Gasteiger partial charge in [0.15, 0.2) is 0 Å². The van der Waals surface area contributed by atoms with Crippen molar-refractivity contribution in [2.24, 2.45) is 0 Å². The minimum Gasteiger partial charge on any atom is -0.492 e. The van der Waals surface area contributed by atoms with E-state index in [2.05, 4.69) is 23.5 Å². The van der Waals surface area contributed by atoms with Gasteiger partial charge in [-0.3, -0.25) is 9.59 Å². The molecular formula is C21H22N2O3. The number of aromatic amines is 1. The monoisotopic (exact) mass is 350 g/mol. The van der Waals surface area contributed by atoms with Gasteiger partial charge in [-0.2, -0.15) is 0 Å². The summed E-state index contributed by atoms with van der Waals surface area (Å²) >= 11 is 0. The largest absolute Gasteiger partial charge is 0.492 e. The molecule has 3 rings (SSSR count). The molecule has 0 atom stereocenters. The topological polar surface area (TPSA) is 71.2 Å². The van der Waals surface area contributed by atoms with Crippen LogP contribution in [0, 0.1) is 13.8 Å². The van der Waals surface area contributed by atoms with Gasteiger partial charge in [-0.1, -0.05) is 19.2 Å². The van der Waals surface area contributed by atoms with Gasteiger partial charge in [-0.15, -0.1) is 0 Å². The third-order valence-electron chi connectivity index (χ3n) is 4.56. The Morgan fingerprint density at radius 3 is 2.81 bits per heavy atom. The Balaban J connectivity index is 1.86. The number of carbonyl (C=O) groups is 1. The van der Waals surface area contributed by atoms with Crippen LogP contribution in [0.3, 0.4) is 0 Å². The molecule has 5 nitrogen and oxygen atoms in total. The van der Waals surface area contributed by atoms with Gasteiger partial charge in [0.1, 0.15) is 5.75 Å². The van der Waals surface area contributed by atoms with Crippen LogP contribution in [0.15, 0.2) is 42.2 Å². The smallest absolute Gasteiger partial charge is 0.253 e. The molecule has 1 amide bonds. The predicted molar refractivity (Wildman–Crippen MR) is 103 cm³/mol. The fourth-order valence-corrected chi connectivity index (χ4v) is 3.16. The van der Waals surface area contributed by atoms with Crippen molar-refractivity contribution in [2.75, 3.05) is 6.61 Å². The van der Waals surface area contributed by atoms with E-state index in [1.54, 1.807) is 12.1 Å². The van der Waals surface area contributed by atoms with Gasteiger partial charge in [0.2, 0.25) is 0 Å². The van der Waals surface area contributed by atoms with Crippen LogP contribution in [0.1, 0.15) is 38.3 Å². The Hall–Kier alpha value is -3.08. The summed E-state index contributed by atoms with van der Waals surface area (Å²) in [6.07, 6.45) is 2.40. The maximum Gasteiger partial charge on any atom is 0.253 e. The summed E-state index contributed by atoms with van der Waals surface area (Å²) in [5, 5.41) is 2.84. The number of hydrogen-bond acceptors (Lipinski definition) is 3. The highest BCUT2D eigenvalue weighted by Crippen LogP contribution is 2.35. The van der Waals surface area contributed by atoms with Crippen LogP contribution >= 0.6 is 0 Å². The average Bonchev–Trinajstić information content (AvgIpc) is 3.07. The third-order valence-corrected chi connectivity index (χ3v) is 4.56. The molecule has 0 radical (unpaired) electrons. The van der Waals surface area contributed by atoms with Crippen LogP contribution < -0.4 is 15.6 Å². The maximum absolute atomic E-state index is 12.7. The predicted octanol–water partition coefficient (Wildman–Crippen LogP) is 3.06. The van der Waals surface area contributed by atoms with Gasteiger partial charge in [-0.25, -0.2) is 0 Å². The molecule has 0 unspecified atom stereocenters. The first-order valence-corrected chi connectivity index (χ1v) is 8.49. The number of H-pyrrole nitrogens is 1. The molecule has 0 spiro atoms. The van der Waals surface area contributed by atoms with Crippen molar-refractivity contribution < 1.29 is 9.53 Å². The highest BCUT2D eigenvalue weighted by molar-refractivity contribution is 5.96. The molecular weight excluding hydrogens is 328 g/mol. The van der Waals surface area contributed by atoms with Gasteiger partial charge in [0, 0.05) is 35.3 Å². The third kappa shape index (κ3) is 3.33. The molecule has 1 aliphatic rings. The normalized spacial score (nSPS) is 12.2. The van der Waals surface area contributed by atoms with Crippen molar-refractivity contribution in [2.45, 2.75) is 26.8 Å². The second-order valence-corrected chi connectivity index (χ2v) is 6.47. The molecule has 0 aliphatic carbocycles. The van der Waals surface area contributed by atoms with Crippen LogP contribution in [0.2, 0.25) is 0 Å². The van der Waals surface area contributed by atoms with Crippen molar-refractivity contribution in [3.63, 3.8) is 0 Å². The fraction of sp³-hybridized carbons (Fsp3) is 0.238. The molecule has 1 aromatic heterocycles. The van der Waals surface area contributed by atoms with E-state index in [0.717, 1.165) is 34.6 Å². The maximum atomic E-state index is 12.7. The summed E-state index contributed by atoms with van der Waals surface area (Å²) in [5.74, 6) is 0.537. The van der Waals surface area contributed by atoms with Crippen LogP contribution in [0.5, 0.6) is 5.75 Å². The minimum atomic E-state index is -0.239. The van der Waals surface area contributed by atoms with Crippen molar-refractivity contribution in [1.82, 2.24) is 10.3 Å². The number of carbonyl (C=O) groups excluding carboxylic acids is 1. The number of rotatable bonds is 5. The van der Waals surface area contributed by atoms with E-state index in [9.17, 15) is 9.59 Å². The first kappa shape index (κ1) is 17.7. The zero-order valence-corrected chi connectivity index (χ0v) is 15.1. The van der Waals surface area contributed by atoms with Gasteiger partial charge >= 0.3 is 0 Å². The molecule has 2 N–H and O–H groups in total. The molecule has 2 aromatic rings. The van der Waals surface area contributed by atoms with E-state index in [0.29, 0.717) is 23.3 Å². The second-order valence-electron chi connectivity index (χ2n) is 6.47. The van der Waals surface area contributed by atoms with E-state index in [4.69, 9.17) is 4.74 Å². The van der Waals surface area contributed by atoms with E-state index >= 15 is 0 Å². The Morgan fingerprint density at radius 2 is 2.12 bits per heavy atom. The lowest BCUT2D eigenvalue weighted by molar-refractivity contribution is 0.0950. The van der Waals surface area contributed by atoms with Crippen LogP contribution in [0.4, 0.5) is 0 Å². The Morgan fingerprint density at radius 1 is 1.35 bits per heavy atom. The average molecular weight is 350 g/mol. The van der Waals surface area contributed by atoms with Crippen molar-refractivity contribution in [1.29, 1.82) is 0 Å². The van der Waals surface area contributed by atoms with E-state index < -0.39 is 0 Å². The number of nitrogens with one attached hydrogen (secondary N) is 2. The van der Waals surface area contributed by atoms with Gasteiger partial charge < -0.3 is 15.0 Å². The summed E-state index contributed by atoms with van der Waals surface area (Å²) in [4.78, 5) is 27.5. The Bertz CT molecular complexity index is 970. The second kappa shape index (κ2) is 7.04. The molecule has 26 heavy (non-hydrogen) atoms. The van der Waals surface area contributed by atoms with Crippen LogP contribution in [0.25, 0.3) is 5.57 Å². The van der Waals surface area contributed by atoms with E-state index in [1.807, 2.05) is 26.0 Å². The molecule has 0 saturated heterocycles. The number of amides is 1. The summed E-state index contributed by atoms with van der Waals surface area (Å²) in [6, 6.07) is 5.49. The Kier molecular flexibility index (Phi) is 4.80. The van der Waals surface area contributed by atoms with Crippen LogP contribution in [-0.2, 0) is 13.0 Å². The number of fused-ring (bicyclic) bond motifs is 1. The highest BCUT2D eigenvalue weighted by atomic mass is 16.5. The van der Waals surface area contributed by atoms with Crippen molar-refractivity contribution >= 4 is 11.5 Å². The SMILES string of the molecule is C=CC(=C)c1cc(C(=O)NCc2c(C)cc(C)[nH]c2=O)cc2c1OCC2. The fourth-order valence-electron chi connectivity index (χ4n) is 3.16. The zero-order chi connectivity index (χ0) is 18.8. The van der Waals surface area contributed by atoms with E-state index in [-0.39, 0.29) is 18.0 Å². The number of allylic oxidation sites excluding steroid dienone is 2. The lowest BCUT2D eigenvalue weighted by Crippen LogP contribution is -2.28. The summed E-state index contributed by atoms with van der Waals surface area (Å²) in [5.41, 5.74) is 5.04. The van der Waals surface area contributed by atoms with Gasteiger partial charge in [-0.05, 0) is 48.7 Å². The minimum absolute atomic E-state index is 0.172. The number of aromatic nitrogens is 1. The highest BCUT2D eigenvalue weighted by Gasteiger charge is 2.21. The lowest BCUT2D eigenvalue weighted by Gasteiger charge is -2.12. The molecule has 0 fully saturated rings.